The average Bonchev–Trinajstić information content (AvgIpc) is 2.22. The van der Waals surface area contributed by atoms with E-state index in [1.165, 1.54) is 12.1 Å². The van der Waals surface area contributed by atoms with Crippen LogP contribution in [-0.2, 0) is 6.54 Å². The van der Waals surface area contributed by atoms with Crippen molar-refractivity contribution in [3.8, 4) is 0 Å². The Balaban J connectivity index is 2.07. The van der Waals surface area contributed by atoms with Gasteiger partial charge in [0.25, 0.3) is 0 Å². The SMILES string of the molecule is CC1CC(N)CN(Cc2cc(F)ccc2F)C1. The van der Waals surface area contributed by atoms with Gasteiger partial charge in [-0.25, -0.2) is 8.78 Å². The predicted molar refractivity (Wildman–Crippen MR) is 63.4 cm³/mol. The summed E-state index contributed by atoms with van der Waals surface area (Å²) in [5.41, 5.74) is 6.34. The number of rotatable bonds is 2. The first-order valence-corrected chi connectivity index (χ1v) is 5.96. The first-order chi connectivity index (χ1) is 8.04. The van der Waals surface area contributed by atoms with Gasteiger partial charge in [0.1, 0.15) is 11.6 Å². The molecule has 2 atom stereocenters. The summed E-state index contributed by atoms with van der Waals surface area (Å²) in [5.74, 6) is -0.232. The van der Waals surface area contributed by atoms with Gasteiger partial charge in [-0.2, -0.15) is 0 Å². The molecule has 1 aliphatic rings. The molecule has 1 fully saturated rings. The molecule has 94 valence electrons. The molecule has 0 amide bonds. The molecule has 2 nitrogen and oxygen atoms in total. The number of likely N-dealkylation sites (tertiary alicyclic amines) is 1. The van der Waals surface area contributed by atoms with Crippen molar-refractivity contribution >= 4 is 0 Å². The number of hydrogen-bond donors (Lipinski definition) is 1. The second-order valence-electron chi connectivity index (χ2n) is 5.03. The topological polar surface area (TPSA) is 29.3 Å². The number of piperidine rings is 1. The highest BCUT2D eigenvalue weighted by Crippen LogP contribution is 2.19. The Kier molecular flexibility index (Phi) is 3.74. The molecule has 0 spiro atoms. The Labute approximate surface area is 100 Å². The van der Waals surface area contributed by atoms with E-state index in [9.17, 15) is 8.78 Å². The lowest BCUT2D eigenvalue weighted by atomic mass is 9.96. The van der Waals surface area contributed by atoms with Crippen molar-refractivity contribution in [1.82, 2.24) is 4.90 Å². The molecule has 4 heteroatoms. The van der Waals surface area contributed by atoms with Crippen molar-refractivity contribution < 1.29 is 8.78 Å². The second-order valence-corrected chi connectivity index (χ2v) is 5.03. The highest BCUT2D eigenvalue weighted by molar-refractivity contribution is 5.18. The molecular formula is C13H18F2N2. The first-order valence-electron chi connectivity index (χ1n) is 5.96. The van der Waals surface area contributed by atoms with Crippen LogP contribution in [-0.4, -0.2) is 24.0 Å². The molecule has 2 rings (SSSR count). The van der Waals surface area contributed by atoms with Gasteiger partial charge in [0.15, 0.2) is 0 Å². The van der Waals surface area contributed by atoms with Crippen LogP contribution in [0.4, 0.5) is 8.78 Å². The van der Waals surface area contributed by atoms with E-state index in [2.05, 4.69) is 11.8 Å². The number of hydrogen-bond acceptors (Lipinski definition) is 2. The first kappa shape index (κ1) is 12.5. The van der Waals surface area contributed by atoms with Gasteiger partial charge in [0, 0.05) is 31.2 Å². The van der Waals surface area contributed by atoms with Crippen LogP contribution in [0.25, 0.3) is 0 Å². The molecule has 0 aromatic heterocycles. The van der Waals surface area contributed by atoms with Gasteiger partial charge in [0.05, 0.1) is 0 Å². The van der Waals surface area contributed by atoms with Gasteiger partial charge in [-0.05, 0) is 30.5 Å². The van der Waals surface area contributed by atoms with E-state index >= 15 is 0 Å². The maximum Gasteiger partial charge on any atom is 0.127 e. The summed E-state index contributed by atoms with van der Waals surface area (Å²) in [6.45, 7) is 4.21. The van der Waals surface area contributed by atoms with Crippen LogP contribution in [0.2, 0.25) is 0 Å². The molecule has 1 saturated heterocycles. The summed E-state index contributed by atoms with van der Waals surface area (Å²) in [5, 5.41) is 0. The molecule has 1 aromatic rings. The van der Waals surface area contributed by atoms with Crippen molar-refractivity contribution in [2.24, 2.45) is 11.7 Å². The number of benzene rings is 1. The minimum atomic E-state index is -0.393. The third-order valence-electron chi connectivity index (χ3n) is 3.17. The van der Waals surface area contributed by atoms with E-state index in [1.807, 2.05) is 0 Å². The summed E-state index contributed by atoms with van der Waals surface area (Å²) in [6, 6.07) is 3.72. The average molecular weight is 240 g/mol. The minimum absolute atomic E-state index is 0.135. The van der Waals surface area contributed by atoms with Crippen molar-refractivity contribution in [3.05, 3.63) is 35.4 Å². The predicted octanol–water partition coefficient (Wildman–Crippen LogP) is 2.13. The largest absolute Gasteiger partial charge is 0.327 e. The molecule has 1 aliphatic heterocycles. The van der Waals surface area contributed by atoms with E-state index in [0.29, 0.717) is 18.0 Å². The lowest BCUT2D eigenvalue weighted by Crippen LogP contribution is -2.45. The molecular weight excluding hydrogens is 222 g/mol. The quantitative estimate of drug-likeness (QED) is 0.858. The molecule has 0 bridgehead atoms. The molecule has 2 N–H and O–H groups in total. The zero-order valence-electron chi connectivity index (χ0n) is 10.00. The smallest absolute Gasteiger partial charge is 0.127 e. The van der Waals surface area contributed by atoms with Crippen molar-refractivity contribution in [2.75, 3.05) is 13.1 Å². The molecule has 0 aliphatic carbocycles. The van der Waals surface area contributed by atoms with Gasteiger partial charge in [-0.15, -0.1) is 0 Å². The van der Waals surface area contributed by atoms with Crippen LogP contribution in [0, 0.1) is 17.6 Å². The van der Waals surface area contributed by atoms with Crippen LogP contribution < -0.4 is 5.73 Å². The lowest BCUT2D eigenvalue weighted by molar-refractivity contribution is 0.156. The fourth-order valence-corrected chi connectivity index (χ4v) is 2.55. The van der Waals surface area contributed by atoms with Crippen molar-refractivity contribution in [1.29, 1.82) is 0 Å². The highest BCUT2D eigenvalue weighted by atomic mass is 19.1. The van der Waals surface area contributed by atoms with Gasteiger partial charge < -0.3 is 5.73 Å². The molecule has 2 unspecified atom stereocenters. The summed E-state index contributed by atoms with van der Waals surface area (Å²) >= 11 is 0. The monoisotopic (exact) mass is 240 g/mol. The van der Waals surface area contributed by atoms with Crippen LogP contribution in [0.5, 0.6) is 0 Å². The Morgan fingerprint density at radius 1 is 1.35 bits per heavy atom. The van der Waals surface area contributed by atoms with E-state index in [1.54, 1.807) is 0 Å². The van der Waals surface area contributed by atoms with Crippen LogP contribution in [0.3, 0.4) is 0 Å². The lowest BCUT2D eigenvalue weighted by Gasteiger charge is -2.34. The van der Waals surface area contributed by atoms with E-state index < -0.39 is 5.82 Å². The fraction of sp³-hybridized carbons (Fsp3) is 0.538. The zero-order valence-corrected chi connectivity index (χ0v) is 10.00. The molecule has 1 aromatic carbocycles. The number of nitrogens with two attached hydrogens (primary N) is 1. The molecule has 17 heavy (non-hydrogen) atoms. The second kappa shape index (κ2) is 5.10. The number of nitrogens with zero attached hydrogens (tertiary/aromatic N) is 1. The molecule has 0 saturated carbocycles. The van der Waals surface area contributed by atoms with Gasteiger partial charge >= 0.3 is 0 Å². The molecule has 0 radical (unpaired) electrons. The van der Waals surface area contributed by atoms with Gasteiger partial charge in [0.2, 0.25) is 0 Å². The maximum atomic E-state index is 13.5. The highest BCUT2D eigenvalue weighted by Gasteiger charge is 2.22. The van der Waals surface area contributed by atoms with Crippen LogP contribution in [0.1, 0.15) is 18.9 Å². The van der Waals surface area contributed by atoms with Gasteiger partial charge in [-0.3, -0.25) is 4.90 Å². The van der Waals surface area contributed by atoms with E-state index in [-0.39, 0.29) is 11.9 Å². The van der Waals surface area contributed by atoms with Crippen molar-refractivity contribution in [3.63, 3.8) is 0 Å². The standard InChI is InChI=1S/C13H18F2N2/c1-9-4-12(16)8-17(6-9)7-10-5-11(14)2-3-13(10)15/h2-3,5,9,12H,4,6-8,16H2,1H3. The number of halogens is 2. The maximum absolute atomic E-state index is 13.5. The summed E-state index contributed by atoms with van der Waals surface area (Å²) in [6.07, 6.45) is 1.00. The third kappa shape index (κ3) is 3.23. The van der Waals surface area contributed by atoms with E-state index in [4.69, 9.17) is 5.73 Å². The third-order valence-corrected chi connectivity index (χ3v) is 3.17. The Morgan fingerprint density at radius 3 is 2.82 bits per heavy atom. The normalized spacial score (nSPS) is 26.1. The molecule has 1 heterocycles. The van der Waals surface area contributed by atoms with Gasteiger partial charge in [-0.1, -0.05) is 6.92 Å². The Bertz CT molecular complexity index is 385. The van der Waals surface area contributed by atoms with Crippen LogP contribution in [0.15, 0.2) is 18.2 Å². The van der Waals surface area contributed by atoms with Crippen LogP contribution >= 0.6 is 0 Å². The summed E-state index contributed by atoms with van der Waals surface area (Å²) in [4.78, 5) is 2.09. The zero-order chi connectivity index (χ0) is 12.4. The van der Waals surface area contributed by atoms with E-state index in [0.717, 1.165) is 25.6 Å². The summed E-state index contributed by atoms with van der Waals surface area (Å²) < 4.78 is 26.5. The Hall–Kier alpha value is -1.00. The van der Waals surface area contributed by atoms with Crippen molar-refractivity contribution in [2.45, 2.75) is 25.9 Å². The Morgan fingerprint density at radius 2 is 2.12 bits per heavy atom. The summed E-state index contributed by atoms with van der Waals surface area (Å²) in [7, 11) is 0. The minimum Gasteiger partial charge on any atom is -0.327 e. The fourth-order valence-electron chi connectivity index (χ4n) is 2.55.